The van der Waals surface area contributed by atoms with Crippen molar-refractivity contribution in [1.29, 1.82) is 0 Å². The molecule has 0 aromatic carbocycles. The number of hydrogen-bond acceptors (Lipinski definition) is 6. The third-order valence-electron chi connectivity index (χ3n) is 4.39. The Balaban J connectivity index is 1.88. The minimum absolute atomic E-state index is 0.205. The number of rotatable bonds is 4. The van der Waals surface area contributed by atoms with Gasteiger partial charge in [0.15, 0.2) is 0 Å². The number of carbonyl (C=O) groups excluding carboxylic acids is 2. The number of nitrogens with one attached hydrogen (secondary N) is 2. The Morgan fingerprint density at radius 2 is 2.14 bits per heavy atom. The molecule has 3 fully saturated rings. The maximum atomic E-state index is 12.3. The van der Waals surface area contributed by atoms with Gasteiger partial charge in [-0.2, -0.15) is 13.5 Å². The molecule has 3 N–H and O–H groups in total. The maximum Gasteiger partial charge on any atom is 0.418 e. The standard InChI is InChI=1S/C10H16N4O6S/c1-11-12-8(15)6-4-10(2-3-10)7-5-13(6)9(16)14(7)20-21(17,18)19/h6-7,11H,2-5H2,1H3,(H,12,15)(H,17,18,19). The van der Waals surface area contributed by atoms with Gasteiger partial charge in [0.25, 0.3) is 5.91 Å². The van der Waals surface area contributed by atoms with E-state index in [0.717, 1.165) is 12.8 Å². The first-order valence-electron chi connectivity index (χ1n) is 6.51. The van der Waals surface area contributed by atoms with Crippen LogP contribution in [0.15, 0.2) is 0 Å². The van der Waals surface area contributed by atoms with Crippen molar-refractivity contribution in [3.05, 3.63) is 0 Å². The molecule has 2 heterocycles. The molecule has 1 saturated carbocycles. The Kier molecular flexibility index (Phi) is 3.13. The fourth-order valence-corrected chi connectivity index (χ4v) is 3.63. The number of amides is 3. The quantitative estimate of drug-likeness (QED) is 0.430. The molecule has 21 heavy (non-hydrogen) atoms. The maximum absolute atomic E-state index is 12.3. The molecular weight excluding hydrogens is 304 g/mol. The van der Waals surface area contributed by atoms with E-state index in [-0.39, 0.29) is 17.9 Å². The molecule has 2 bridgehead atoms. The van der Waals surface area contributed by atoms with Gasteiger partial charge in [-0.1, -0.05) is 0 Å². The van der Waals surface area contributed by atoms with Gasteiger partial charge in [0, 0.05) is 13.6 Å². The van der Waals surface area contributed by atoms with Crippen LogP contribution in [0.5, 0.6) is 0 Å². The average molecular weight is 320 g/mol. The Morgan fingerprint density at radius 3 is 2.67 bits per heavy atom. The van der Waals surface area contributed by atoms with E-state index in [9.17, 15) is 18.0 Å². The van der Waals surface area contributed by atoms with Crippen LogP contribution < -0.4 is 10.9 Å². The highest BCUT2D eigenvalue weighted by Crippen LogP contribution is 2.59. The van der Waals surface area contributed by atoms with Gasteiger partial charge in [0.2, 0.25) is 0 Å². The molecule has 118 valence electrons. The van der Waals surface area contributed by atoms with Crippen LogP contribution >= 0.6 is 0 Å². The lowest BCUT2D eigenvalue weighted by Crippen LogP contribution is -2.54. The van der Waals surface area contributed by atoms with E-state index in [0.29, 0.717) is 11.5 Å². The Labute approximate surface area is 121 Å². The number of hydrogen-bond donors (Lipinski definition) is 3. The predicted octanol–water partition coefficient (Wildman–Crippen LogP) is -1.37. The van der Waals surface area contributed by atoms with Crippen molar-refractivity contribution >= 4 is 22.3 Å². The van der Waals surface area contributed by atoms with Gasteiger partial charge in [-0.15, -0.1) is 4.28 Å². The zero-order valence-corrected chi connectivity index (χ0v) is 12.1. The van der Waals surface area contributed by atoms with E-state index in [1.165, 1.54) is 11.9 Å². The summed E-state index contributed by atoms with van der Waals surface area (Å²) in [6, 6.07) is -1.87. The highest BCUT2D eigenvalue weighted by atomic mass is 32.3. The summed E-state index contributed by atoms with van der Waals surface area (Å²) < 4.78 is 35.0. The lowest BCUT2D eigenvalue weighted by atomic mass is 9.85. The summed E-state index contributed by atoms with van der Waals surface area (Å²) in [5, 5.41) is 0.689. The second-order valence-corrected chi connectivity index (χ2v) is 6.60. The van der Waals surface area contributed by atoms with Crippen LogP contribution in [0, 0.1) is 5.41 Å². The van der Waals surface area contributed by atoms with Crippen molar-refractivity contribution in [2.45, 2.75) is 31.3 Å². The summed E-state index contributed by atoms with van der Waals surface area (Å²) in [5.41, 5.74) is 4.64. The fourth-order valence-electron chi connectivity index (χ4n) is 3.26. The summed E-state index contributed by atoms with van der Waals surface area (Å²) in [6.45, 7) is 0.205. The Bertz CT molecular complexity index is 588. The minimum Gasteiger partial charge on any atom is -0.309 e. The SMILES string of the molecule is CNNC(=O)C1CC2(CC2)C2CN1C(=O)N2OS(=O)(=O)O. The summed E-state index contributed by atoms with van der Waals surface area (Å²) >= 11 is 0. The van der Waals surface area contributed by atoms with Gasteiger partial charge in [0.1, 0.15) is 6.04 Å². The van der Waals surface area contributed by atoms with E-state index in [1.807, 2.05) is 0 Å². The molecular formula is C10H16N4O6S. The Morgan fingerprint density at radius 1 is 1.48 bits per heavy atom. The van der Waals surface area contributed by atoms with Crippen LogP contribution in [0.1, 0.15) is 19.3 Å². The van der Waals surface area contributed by atoms with Gasteiger partial charge in [0.05, 0.1) is 6.04 Å². The second kappa shape index (κ2) is 4.53. The molecule has 0 radical (unpaired) electrons. The molecule has 10 nitrogen and oxygen atoms in total. The van der Waals surface area contributed by atoms with Crippen LogP contribution in [0.3, 0.4) is 0 Å². The van der Waals surface area contributed by atoms with E-state index in [4.69, 9.17) is 4.55 Å². The number of fused-ring (bicyclic) bond motifs is 3. The fraction of sp³-hybridized carbons (Fsp3) is 0.800. The first kappa shape index (κ1) is 14.5. The lowest BCUT2D eigenvalue weighted by Gasteiger charge is -2.35. The van der Waals surface area contributed by atoms with Gasteiger partial charge in [-0.3, -0.25) is 14.8 Å². The molecule has 0 aromatic heterocycles. The number of nitrogens with zero attached hydrogens (tertiary/aromatic N) is 2. The zero-order valence-electron chi connectivity index (χ0n) is 11.3. The molecule has 11 heteroatoms. The van der Waals surface area contributed by atoms with Crippen LogP contribution in [0.25, 0.3) is 0 Å². The number of carbonyl (C=O) groups is 2. The van der Waals surface area contributed by atoms with E-state index >= 15 is 0 Å². The topological polar surface area (TPSA) is 128 Å². The molecule has 3 rings (SSSR count). The van der Waals surface area contributed by atoms with E-state index in [1.54, 1.807) is 0 Å². The van der Waals surface area contributed by atoms with Crippen molar-refractivity contribution in [2.75, 3.05) is 13.6 Å². The normalized spacial score (nSPS) is 29.9. The highest BCUT2D eigenvalue weighted by Gasteiger charge is 2.65. The molecule has 2 unspecified atom stereocenters. The summed E-state index contributed by atoms with van der Waals surface area (Å²) in [4.78, 5) is 25.6. The molecule has 2 aliphatic heterocycles. The van der Waals surface area contributed by atoms with Crippen LogP contribution in [-0.4, -0.2) is 60.5 Å². The lowest BCUT2D eigenvalue weighted by molar-refractivity contribution is -0.128. The summed E-state index contributed by atoms with van der Waals surface area (Å²) in [6.07, 6.45) is 2.02. The van der Waals surface area contributed by atoms with Crippen LogP contribution in [-0.2, 0) is 19.5 Å². The smallest absolute Gasteiger partial charge is 0.309 e. The molecule has 1 aliphatic carbocycles. The highest BCUT2D eigenvalue weighted by molar-refractivity contribution is 7.80. The van der Waals surface area contributed by atoms with Gasteiger partial charge in [-0.05, 0) is 24.7 Å². The number of urea groups is 1. The predicted molar refractivity (Wildman–Crippen MR) is 67.6 cm³/mol. The van der Waals surface area contributed by atoms with Crippen molar-refractivity contribution in [3.8, 4) is 0 Å². The average Bonchev–Trinajstić information content (AvgIpc) is 3.09. The number of hydrazine groups is 1. The zero-order chi connectivity index (χ0) is 15.4. The van der Waals surface area contributed by atoms with Gasteiger partial charge in [-0.25, -0.2) is 10.2 Å². The molecule has 2 atom stereocenters. The molecule has 3 aliphatic rings. The van der Waals surface area contributed by atoms with E-state index < -0.39 is 28.5 Å². The van der Waals surface area contributed by atoms with Crippen molar-refractivity contribution < 1.29 is 26.8 Å². The van der Waals surface area contributed by atoms with Gasteiger partial charge < -0.3 is 4.90 Å². The monoisotopic (exact) mass is 320 g/mol. The third kappa shape index (κ3) is 2.35. The van der Waals surface area contributed by atoms with Crippen LogP contribution in [0.2, 0.25) is 0 Å². The summed E-state index contributed by atoms with van der Waals surface area (Å²) in [7, 11) is -3.25. The summed E-state index contributed by atoms with van der Waals surface area (Å²) in [5.74, 6) is -0.357. The largest absolute Gasteiger partial charge is 0.418 e. The molecule has 1 spiro atoms. The third-order valence-corrected chi connectivity index (χ3v) is 4.74. The number of hydroxylamine groups is 2. The molecule has 0 aromatic rings. The van der Waals surface area contributed by atoms with Crippen molar-refractivity contribution in [2.24, 2.45) is 5.41 Å². The second-order valence-electron chi connectivity index (χ2n) is 5.60. The number of piperidine rings is 1. The van der Waals surface area contributed by atoms with Crippen LogP contribution in [0.4, 0.5) is 4.79 Å². The van der Waals surface area contributed by atoms with Crippen molar-refractivity contribution in [3.63, 3.8) is 0 Å². The molecule has 2 saturated heterocycles. The first-order valence-corrected chi connectivity index (χ1v) is 7.87. The van der Waals surface area contributed by atoms with E-state index in [2.05, 4.69) is 15.1 Å². The first-order chi connectivity index (χ1) is 9.77. The van der Waals surface area contributed by atoms with Gasteiger partial charge >= 0.3 is 16.4 Å². The van der Waals surface area contributed by atoms with Crippen molar-refractivity contribution in [1.82, 2.24) is 20.8 Å². The minimum atomic E-state index is -4.78. The Hall–Kier alpha value is -1.43. The molecule has 3 amide bonds.